The van der Waals surface area contributed by atoms with Crippen LogP contribution in [0.4, 0.5) is 15.1 Å². The molecule has 0 aliphatic carbocycles. The van der Waals surface area contributed by atoms with Gasteiger partial charge in [0.2, 0.25) is 11.8 Å². The summed E-state index contributed by atoms with van der Waals surface area (Å²) in [4.78, 5) is 26.6. The fraction of sp³-hybridized carbons (Fsp3) is 0.233. The molecule has 0 saturated carbocycles. The fourth-order valence-corrected chi connectivity index (χ4v) is 4.96. The summed E-state index contributed by atoms with van der Waals surface area (Å²) in [6.07, 6.45) is 1.49. The summed E-state index contributed by atoms with van der Waals surface area (Å²) in [5, 5.41) is 3.00. The standard InChI is InChI=1S/C30H28FN5O2/c31-24-11-6-12-25(17-24)38-28-26-20-36(30(37)32-18-21-7-2-1-3-8-21)16-14-27(26)33-29(34-28)35-15-13-22-9-4-5-10-23(22)19-35/h1-12,17H,13-16,18-20H2,(H,32,37). The topological polar surface area (TPSA) is 70.6 Å². The lowest BCUT2D eigenvalue weighted by Gasteiger charge is -2.32. The number of carbonyl (C=O) groups excluding carboxylic acids is 1. The molecule has 0 radical (unpaired) electrons. The molecule has 4 aromatic rings. The molecule has 2 aliphatic rings. The fourth-order valence-electron chi connectivity index (χ4n) is 4.96. The molecule has 1 aromatic heterocycles. The SMILES string of the molecule is O=C(NCc1ccccc1)N1CCc2nc(N3CCc4ccccc4C3)nc(Oc3cccc(F)c3)c2C1. The Morgan fingerprint density at radius 3 is 2.55 bits per heavy atom. The van der Waals surface area contributed by atoms with Crippen LogP contribution in [0.2, 0.25) is 0 Å². The minimum atomic E-state index is -0.389. The third-order valence-corrected chi connectivity index (χ3v) is 7.01. The van der Waals surface area contributed by atoms with Gasteiger partial charge in [-0.15, -0.1) is 0 Å². The number of carbonyl (C=O) groups is 1. The molecular weight excluding hydrogens is 481 g/mol. The van der Waals surface area contributed by atoms with Crippen molar-refractivity contribution in [2.75, 3.05) is 18.0 Å². The first-order valence-corrected chi connectivity index (χ1v) is 12.8. The molecule has 0 unspecified atom stereocenters. The number of halogens is 1. The first-order chi connectivity index (χ1) is 18.6. The van der Waals surface area contributed by atoms with Crippen LogP contribution in [0.25, 0.3) is 0 Å². The predicted molar refractivity (Wildman–Crippen MR) is 142 cm³/mol. The predicted octanol–water partition coefficient (Wildman–Crippen LogP) is 5.24. The summed E-state index contributed by atoms with van der Waals surface area (Å²) < 4.78 is 20.1. The number of ether oxygens (including phenoxy) is 1. The summed E-state index contributed by atoms with van der Waals surface area (Å²) in [5.41, 5.74) is 5.23. The van der Waals surface area contributed by atoms with Gasteiger partial charge in [-0.1, -0.05) is 60.7 Å². The van der Waals surface area contributed by atoms with Crippen molar-refractivity contribution in [3.63, 3.8) is 0 Å². The quantitative estimate of drug-likeness (QED) is 0.399. The van der Waals surface area contributed by atoms with Crippen molar-refractivity contribution in [2.45, 2.75) is 32.5 Å². The molecule has 0 fully saturated rings. The van der Waals surface area contributed by atoms with E-state index in [0.29, 0.717) is 50.2 Å². The molecule has 6 rings (SSSR count). The van der Waals surface area contributed by atoms with Crippen LogP contribution in [-0.4, -0.2) is 34.0 Å². The number of urea groups is 1. The van der Waals surface area contributed by atoms with Gasteiger partial charge in [-0.25, -0.2) is 14.2 Å². The van der Waals surface area contributed by atoms with E-state index >= 15 is 0 Å². The van der Waals surface area contributed by atoms with Gasteiger partial charge < -0.3 is 19.9 Å². The molecule has 3 heterocycles. The summed E-state index contributed by atoms with van der Waals surface area (Å²) in [5.74, 6) is 0.911. The lowest BCUT2D eigenvalue weighted by molar-refractivity contribution is 0.190. The van der Waals surface area contributed by atoms with Crippen molar-refractivity contribution in [1.29, 1.82) is 0 Å². The van der Waals surface area contributed by atoms with Gasteiger partial charge in [-0.3, -0.25) is 0 Å². The number of aromatic nitrogens is 2. The number of hydrogen-bond acceptors (Lipinski definition) is 5. The average Bonchev–Trinajstić information content (AvgIpc) is 2.96. The van der Waals surface area contributed by atoms with Crippen molar-refractivity contribution in [3.8, 4) is 11.6 Å². The normalized spacial score (nSPS) is 14.4. The van der Waals surface area contributed by atoms with Crippen LogP contribution in [0.3, 0.4) is 0 Å². The molecule has 0 atom stereocenters. The van der Waals surface area contributed by atoms with Gasteiger partial charge in [0.25, 0.3) is 0 Å². The molecule has 7 nitrogen and oxygen atoms in total. The van der Waals surface area contributed by atoms with E-state index in [4.69, 9.17) is 14.7 Å². The largest absolute Gasteiger partial charge is 0.438 e. The third-order valence-electron chi connectivity index (χ3n) is 7.01. The second kappa shape index (κ2) is 10.5. The maximum Gasteiger partial charge on any atom is 0.317 e. The van der Waals surface area contributed by atoms with Crippen LogP contribution in [-0.2, 0) is 32.5 Å². The Kier molecular flexibility index (Phi) is 6.60. The minimum Gasteiger partial charge on any atom is -0.438 e. The number of rotatable bonds is 5. The van der Waals surface area contributed by atoms with Gasteiger partial charge >= 0.3 is 6.03 Å². The van der Waals surface area contributed by atoms with Crippen LogP contribution < -0.4 is 15.0 Å². The van der Waals surface area contributed by atoms with Gasteiger partial charge in [-0.2, -0.15) is 4.98 Å². The number of hydrogen-bond donors (Lipinski definition) is 1. The van der Waals surface area contributed by atoms with E-state index in [-0.39, 0.29) is 11.8 Å². The zero-order valence-electron chi connectivity index (χ0n) is 20.9. The smallest absolute Gasteiger partial charge is 0.317 e. The summed E-state index contributed by atoms with van der Waals surface area (Å²) >= 11 is 0. The first kappa shape index (κ1) is 23.9. The minimum absolute atomic E-state index is 0.159. The Hall–Kier alpha value is -4.46. The van der Waals surface area contributed by atoms with E-state index in [0.717, 1.165) is 29.8 Å². The maximum absolute atomic E-state index is 13.9. The number of benzene rings is 3. The van der Waals surface area contributed by atoms with Crippen molar-refractivity contribution in [1.82, 2.24) is 20.2 Å². The van der Waals surface area contributed by atoms with Crippen LogP contribution in [0.15, 0.2) is 78.9 Å². The monoisotopic (exact) mass is 509 g/mol. The number of nitrogens with zero attached hydrogens (tertiary/aromatic N) is 4. The van der Waals surface area contributed by atoms with Crippen molar-refractivity contribution in [3.05, 3.63) is 113 Å². The van der Waals surface area contributed by atoms with E-state index in [1.807, 2.05) is 36.4 Å². The van der Waals surface area contributed by atoms with Crippen LogP contribution in [0, 0.1) is 5.82 Å². The zero-order chi connectivity index (χ0) is 25.9. The Balaban J connectivity index is 1.27. The number of nitrogens with one attached hydrogen (secondary N) is 1. The van der Waals surface area contributed by atoms with E-state index in [1.165, 1.54) is 23.3 Å². The molecular formula is C30H28FN5O2. The highest BCUT2D eigenvalue weighted by Gasteiger charge is 2.28. The van der Waals surface area contributed by atoms with Crippen LogP contribution in [0.5, 0.6) is 11.6 Å². The highest BCUT2D eigenvalue weighted by Crippen LogP contribution is 2.33. The molecule has 2 aliphatic heterocycles. The van der Waals surface area contributed by atoms with Gasteiger partial charge in [0.1, 0.15) is 11.6 Å². The molecule has 2 amide bonds. The molecule has 192 valence electrons. The van der Waals surface area contributed by atoms with E-state index < -0.39 is 0 Å². The van der Waals surface area contributed by atoms with Gasteiger partial charge in [0.05, 0.1) is 17.8 Å². The Morgan fingerprint density at radius 1 is 0.895 bits per heavy atom. The van der Waals surface area contributed by atoms with Crippen molar-refractivity contribution < 1.29 is 13.9 Å². The highest BCUT2D eigenvalue weighted by atomic mass is 19.1. The average molecular weight is 510 g/mol. The molecule has 0 spiro atoms. The Morgan fingerprint density at radius 2 is 1.71 bits per heavy atom. The second-order valence-electron chi connectivity index (χ2n) is 9.57. The Bertz CT molecular complexity index is 1460. The van der Waals surface area contributed by atoms with Crippen LogP contribution >= 0.6 is 0 Å². The number of fused-ring (bicyclic) bond motifs is 2. The second-order valence-corrected chi connectivity index (χ2v) is 9.57. The third kappa shape index (κ3) is 5.16. The summed E-state index contributed by atoms with van der Waals surface area (Å²) in [7, 11) is 0. The molecule has 3 aromatic carbocycles. The summed E-state index contributed by atoms with van der Waals surface area (Å²) in [6.45, 7) is 2.79. The van der Waals surface area contributed by atoms with E-state index in [1.54, 1.807) is 17.0 Å². The van der Waals surface area contributed by atoms with E-state index in [9.17, 15) is 9.18 Å². The molecule has 38 heavy (non-hydrogen) atoms. The molecule has 0 bridgehead atoms. The lowest BCUT2D eigenvalue weighted by Crippen LogP contribution is -2.43. The van der Waals surface area contributed by atoms with E-state index in [2.05, 4.69) is 28.4 Å². The Labute approximate surface area is 220 Å². The zero-order valence-corrected chi connectivity index (χ0v) is 20.9. The van der Waals surface area contributed by atoms with Crippen LogP contribution in [0.1, 0.15) is 27.9 Å². The molecule has 8 heteroatoms. The maximum atomic E-state index is 13.9. The first-order valence-electron chi connectivity index (χ1n) is 12.8. The summed E-state index contributed by atoms with van der Waals surface area (Å²) in [6, 6.07) is 24.1. The molecule has 1 N–H and O–H groups in total. The van der Waals surface area contributed by atoms with Gasteiger partial charge in [0.15, 0.2) is 0 Å². The van der Waals surface area contributed by atoms with Gasteiger partial charge in [-0.05, 0) is 35.2 Å². The lowest BCUT2D eigenvalue weighted by atomic mass is 10.0. The van der Waals surface area contributed by atoms with Crippen molar-refractivity contribution in [2.24, 2.45) is 0 Å². The van der Waals surface area contributed by atoms with Crippen molar-refractivity contribution >= 4 is 12.0 Å². The van der Waals surface area contributed by atoms with Gasteiger partial charge in [0, 0.05) is 38.7 Å². The molecule has 0 saturated heterocycles. The highest BCUT2D eigenvalue weighted by molar-refractivity contribution is 5.74. The number of amides is 2. The number of anilines is 1.